The zero-order valence-electron chi connectivity index (χ0n) is 16.6. The number of carbonyl (C=O) groups excluding carboxylic acids is 1. The van der Waals surface area contributed by atoms with E-state index in [1.165, 1.54) is 33.5 Å². The molecule has 0 aliphatic carbocycles. The highest BCUT2D eigenvalue weighted by Crippen LogP contribution is 2.18. The Bertz CT molecular complexity index is 1020. The molecule has 1 aliphatic heterocycles. The van der Waals surface area contributed by atoms with Crippen molar-refractivity contribution >= 4 is 28.1 Å². The molecule has 0 spiro atoms. The molecule has 3 aromatic rings. The molecule has 4 rings (SSSR count). The molecule has 0 radical (unpaired) electrons. The summed E-state index contributed by atoms with van der Waals surface area (Å²) in [5, 5.41) is 5.69. The van der Waals surface area contributed by atoms with E-state index in [0.717, 1.165) is 19.0 Å². The van der Waals surface area contributed by atoms with E-state index in [-0.39, 0.29) is 24.1 Å². The van der Waals surface area contributed by atoms with Crippen molar-refractivity contribution in [2.45, 2.75) is 32.4 Å². The predicted molar refractivity (Wildman–Crippen MR) is 115 cm³/mol. The van der Waals surface area contributed by atoms with Gasteiger partial charge in [-0.2, -0.15) is 0 Å². The van der Waals surface area contributed by atoms with Gasteiger partial charge in [-0.05, 0) is 42.3 Å². The van der Waals surface area contributed by atoms with Crippen LogP contribution in [0.1, 0.15) is 30.7 Å². The van der Waals surface area contributed by atoms with E-state index < -0.39 is 0 Å². The molecule has 6 nitrogen and oxygen atoms in total. The summed E-state index contributed by atoms with van der Waals surface area (Å²) >= 11 is 1.75. The van der Waals surface area contributed by atoms with Gasteiger partial charge in [0.1, 0.15) is 12.6 Å². The highest BCUT2D eigenvalue weighted by molar-refractivity contribution is 7.10. The molecule has 0 bridgehead atoms. The fourth-order valence-corrected chi connectivity index (χ4v) is 4.95. The lowest BCUT2D eigenvalue weighted by molar-refractivity contribution is -0.935. The third-order valence-corrected chi connectivity index (χ3v) is 6.83. The van der Waals surface area contributed by atoms with Crippen molar-refractivity contribution in [1.82, 2.24) is 14.9 Å². The van der Waals surface area contributed by atoms with Gasteiger partial charge in [-0.15, -0.1) is 11.3 Å². The number of rotatable bonds is 6. The van der Waals surface area contributed by atoms with E-state index in [9.17, 15) is 9.59 Å². The molecule has 152 valence electrons. The zero-order chi connectivity index (χ0) is 20.2. The SMILES string of the molecule is CC1CC[NH+]([C@H](CNC(=O)Cn2cnc3ccccc3c2=O)c2cccs2)CC1. The zero-order valence-corrected chi connectivity index (χ0v) is 17.5. The molecule has 2 aromatic heterocycles. The highest BCUT2D eigenvalue weighted by Gasteiger charge is 2.29. The molecular weight excluding hydrogens is 384 g/mol. The molecule has 1 aliphatic rings. The number of likely N-dealkylation sites (tertiary alicyclic amines) is 1. The standard InChI is InChI=1S/C22H26N4O2S/c1-16-8-10-25(11-9-16)19(20-7-4-12-29-20)13-23-21(27)14-26-15-24-18-6-3-2-5-17(18)22(26)28/h2-7,12,15-16,19H,8-11,13-14H2,1H3,(H,23,27)/p+1/t19-/m1/s1. The van der Waals surface area contributed by atoms with Crippen LogP contribution in [0.15, 0.2) is 52.9 Å². The number of nitrogens with zero attached hydrogens (tertiary/aromatic N) is 2. The number of hydrogen-bond acceptors (Lipinski definition) is 4. The average molecular weight is 412 g/mol. The molecule has 1 fully saturated rings. The quantitative estimate of drug-likeness (QED) is 0.648. The molecule has 7 heteroatoms. The Balaban J connectivity index is 1.43. The minimum Gasteiger partial charge on any atom is -0.348 e. The first-order valence-corrected chi connectivity index (χ1v) is 11.1. The number of fused-ring (bicyclic) bond motifs is 1. The molecule has 0 unspecified atom stereocenters. The van der Waals surface area contributed by atoms with Gasteiger partial charge in [0, 0.05) is 0 Å². The van der Waals surface area contributed by atoms with Crippen LogP contribution in [0.3, 0.4) is 0 Å². The molecule has 29 heavy (non-hydrogen) atoms. The fraction of sp³-hybridized carbons (Fsp3) is 0.409. The monoisotopic (exact) mass is 411 g/mol. The Kier molecular flexibility index (Phi) is 6.06. The first-order chi connectivity index (χ1) is 14.1. The van der Waals surface area contributed by atoms with E-state index in [2.05, 4.69) is 34.7 Å². The minimum absolute atomic E-state index is 0.0137. The van der Waals surface area contributed by atoms with Crippen LogP contribution in [0.2, 0.25) is 0 Å². The number of quaternary nitrogens is 1. The van der Waals surface area contributed by atoms with Gasteiger partial charge in [-0.3, -0.25) is 14.2 Å². The van der Waals surface area contributed by atoms with Gasteiger partial charge >= 0.3 is 0 Å². The van der Waals surface area contributed by atoms with Gasteiger partial charge in [-0.25, -0.2) is 4.98 Å². The predicted octanol–water partition coefficient (Wildman–Crippen LogP) is 1.63. The number of amides is 1. The van der Waals surface area contributed by atoms with E-state index in [4.69, 9.17) is 0 Å². The topological polar surface area (TPSA) is 68.4 Å². The second-order valence-corrected chi connectivity index (χ2v) is 8.89. The second-order valence-electron chi connectivity index (χ2n) is 7.91. The first kappa shape index (κ1) is 19.8. The van der Waals surface area contributed by atoms with Crippen LogP contribution in [-0.2, 0) is 11.3 Å². The van der Waals surface area contributed by atoms with Gasteiger partial charge < -0.3 is 10.2 Å². The number of piperidine rings is 1. The van der Waals surface area contributed by atoms with E-state index in [0.29, 0.717) is 17.4 Å². The Hall–Kier alpha value is -2.51. The second kappa shape index (κ2) is 8.88. The largest absolute Gasteiger partial charge is 0.348 e. The Morgan fingerprint density at radius 1 is 1.28 bits per heavy atom. The number of thiophene rings is 1. The lowest BCUT2D eigenvalue weighted by atomic mass is 9.97. The third kappa shape index (κ3) is 4.57. The molecule has 2 N–H and O–H groups in total. The summed E-state index contributed by atoms with van der Waals surface area (Å²) in [6, 6.07) is 11.7. The lowest BCUT2D eigenvalue weighted by Gasteiger charge is -2.33. The number of benzene rings is 1. The summed E-state index contributed by atoms with van der Waals surface area (Å²) in [6.07, 6.45) is 3.91. The van der Waals surface area contributed by atoms with Gasteiger partial charge in [0.05, 0.1) is 41.7 Å². The number of hydrogen-bond donors (Lipinski definition) is 2. The van der Waals surface area contributed by atoms with Crippen molar-refractivity contribution in [3.05, 3.63) is 63.3 Å². The molecular formula is C22H27N4O2S+. The van der Waals surface area contributed by atoms with Crippen LogP contribution < -0.4 is 15.8 Å². The van der Waals surface area contributed by atoms with Crippen LogP contribution in [0.25, 0.3) is 10.9 Å². The van der Waals surface area contributed by atoms with Crippen molar-refractivity contribution in [3.63, 3.8) is 0 Å². The average Bonchev–Trinajstić information content (AvgIpc) is 3.26. The van der Waals surface area contributed by atoms with Crippen molar-refractivity contribution in [2.75, 3.05) is 19.6 Å². The van der Waals surface area contributed by atoms with Crippen molar-refractivity contribution in [3.8, 4) is 0 Å². The van der Waals surface area contributed by atoms with Crippen LogP contribution in [-0.4, -0.2) is 35.1 Å². The molecule has 1 atom stereocenters. The summed E-state index contributed by atoms with van der Waals surface area (Å²) in [5.41, 5.74) is 0.464. The Labute approximate surface area is 174 Å². The normalized spacial score (nSPS) is 20.4. The number of aromatic nitrogens is 2. The molecule has 1 aromatic carbocycles. The van der Waals surface area contributed by atoms with Crippen LogP contribution >= 0.6 is 11.3 Å². The number of carbonyl (C=O) groups is 1. The minimum atomic E-state index is -0.184. The number of para-hydroxylation sites is 1. The summed E-state index contributed by atoms with van der Waals surface area (Å²) in [5.74, 6) is 0.625. The lowest BCUT2D eigenvalue weighted by Crippen LogP contribution is -3.14. The van der Waals surface area contributed by atoms with Crippen LogP contribution in [0.4, 0.5) is 0 Å². The van der Waals surface area contributed by atoms with E-state index >= 15 is 0 Å². The maximum atomic E-state index is 12.6. The van der Waals surface area contributed by atoms with Gasteiger partial charge in [0.2, 0.25) is 5.91 Å². The van der Waals surface area contributed by atoms with Crippen molar-refractivity contribution < 1.29 is 9.69 Å². The van der Waals surface area contributed by atoms with Crippen molar-refractivity contribution in [2.24, 2.45) is 5.92 Å². The van der Waals surface area contributed by atoms with Gasteiger partial charge in [-0.1, -0.05) is 25.1 Å². The summed E-state index contributed by atoms with van der Waals surface area (Å²) in [6.45, 7) is 5.15. The maximum absolute atomic E-state index is 12.6. The van der Waals surface area contributed by atoms with Crippen LogP contribution in [0.5, 0.6) is 0 Å². The smallest absolute Gasteiger partial charge is 0.261 e. The fourth-order valence-electron chi connectivity index (χ4n) is 4.06. The summed E-state index contributed by atoms with van der Waals surface area (Å²) in [7, 11) is 0. The maximum Gasteiger partial charge on any atom is 0.261 e. The molecule has 0 saturated carbocycles. The van der Waals surface area contributed by atoms with Crippen LogP contribution in [0, 0.1) is 5.92 Å². The highest BCUT2D eigenvalue weighted by atomic mass is 32.1. The Morgan fingerprint density at radius 3 is 2.83 bits per heavy atom. The summed E-state index contributed by atoms with van der Waals surface area (Å²) < 4.78 is 1.38. The molecule has 1 amide bonds. The van der Waals surface area contributed by atoms with Gasteiger partial charge in [0.25, 0.3) is 5.56 Å². The Morgan fingerprint density at radius 2 is 2.07 bits per heavy atom. The molecule has 3 heterocycles. The summed E-state index contributed by atoms with van der Waals surface area (Å²) in [4.78, 5) is 32.3. The molecule has 1 saturated heterocycles. The van der Waals surface area contributed by atoms with Gasteiger partial charge in [0.15, 0.2) is 0 Å². The first-order valence-electron chi connectivity index (χ1n) is 10.2. The van der Waals surface area contributed by atoms with E-state index in [1.54, 1.807) is 23.5 Å². The number of nitrogens with one attached hydrogen (secondary N) is 2. The van der Waals surface area contributed by atoms with Crippen molar-refractivity contribution in [1.29, 1.82) is 0 Å². The third-order valence-electron chi connectivity index (χ3n) is 5.84. The van der Waals surface area contributed by atoms with E-state index in [1.807, 2.05) is 12.1 Å².